The van der Waals surface area contributed by atoms with E-state index in [0.29, 0.717) is 24.0 Å². The van der Waals surface area contributed by atoms with Crippen molar-refractivity contribution in [3.63, 3.8) is 0 Å². The third kappa shape index (κ3) is 4.07. The van der Waals surface area contributed by atoms with Crippen molar-refractivity contribution in [2.45, 2.75) is 31.5 Å². The zero-order valence-corrected chi connectivity index (χ0v) is 13.4. The van der Waals surface area contributed by atoms with Gasteiger partial charge in [-0.3, -0.25) is 4.79 Å². The molecule has 0 aliphatic heterocycles. The highest BCUT2D eigenvalue weighted by atomic mass is 32.2. The van der Waals surface area contributed by atoms with Crippen molar-refractivity contribution in [2.24, 2.45) is 7.05 Å². The Bertz CT molecular complexity index is 607. The minimum absolute atomic E-state index is 0.00509. The van der Waals surface area contributed by atoms with E-state index >= 15 is 0 Å². The molecule has 0 aromatic carbocycles. The number of hydrogen-bond donors (Lipinski definition) is 0. The van der Waals surface area contributed by atoms with Crippen molar-refractivity contribution in [3.05, 3.63) is 23.8 Å². The lowest BCUT2D eigenvalue weighted by atomic mass is 10.1. The van der Waals surface area contributed by atoms with Crippen LogP contribution in [0.3, 0.4) is 0 Å². The quantitative estimate of drug-likeness (QED) is 0.756. The molecule has 0 spiro atoms. The Morgan fingerprint density at radius 1 is 1.52 bits per heavy atom. The molecular weight excluding hydrogens is 290 g/mol. The predicted octanol–water partition coefficient (Wildman–Crippen LogP) is 1.68. The van der Waals surface area contributed by atoms with E-state index in [1.54, 1.807) is 22.8 Å². The van der Waals surface area contributed by atoms with Crippen molar-refractivity contribution >= 4 is 17.7 Å². The second-order valence-electron chi connectivity index (χ2n) is 5.14. The first-order chi connectivity index (χ1) is 9.97. The number of thioether (sulfide) groups is 1. The minimum atomic E-state index is 0.00509. The minimum Gasteiger partial charge on any atom is -0.359 e. The average Bonchev–Trinajstić information content (AvgIpc) is 3.05. The van der Waals surface area contributed by atoms with Gasteiger partial charge in [-0.15, -0.1) is 10.2 Å². The molecule has 114 valence electrons. The first-order valence-electron chi connectivity index (χ1n) is 6.63. The number of carbonyl (C=O) groups excluding carboxylic acids is 1. The van der Waals surface area contributed by atoms with Gasteiger partial charge in [0.25, 0.3) is 0 Å². The van der Waals surface area contributed by atoms with E-state index in [9.17, 15) is 4.79 Å². The summed E-state index contributed by atoms with van der Waals surface area (Å²) in [5, 5.41) is 12.4. The Balaban J connectivity index is 1.85. The molecule has 0 fully saturated rings. The van der Waals surface area contributed by atoms with Gasteiger partial charge in [-0.05, 0) is 5.92 Å². The van der Waals surface area contributed by atoms with Crippen molar-refractivity contribution in [2.75, 3.05) is 12.8 Å². The molecular formula is C13H19N5O2S. The van der Waals surface area contributed by atoms with Gasteiger partial charge in [-0.1, -0.05) is 30.8 Å². The van der Waals surface area contributed by atoms with Gasteiger partial charge in [0.05, 0.1) is 18.0 Å². The molecule has 2 aromatic rings. The molecule has 0 saturated carbocycles. The summed E-state index contributed by atoms with van der Waals surface area (Å²) in [5.74, 6) is 1.33. The molecule has 21 heavy (non-hydrogen) atoms. The summed E-state index contributed by atoms with van der Waals surface area (Å²) >= 11 is 1.36. The van der Waals surface area contributed by atoms with E-state index < -0.39 is 0 Å². The molecule has 0 N–H and O–H groups in total. The number of aryl methyl sites for hydroxylation is 1. The first-order valence-corrected chi connectivity index (χ1v) is 7.62. The van der Waals surface area contributed by atoms with Gasteiger partial charge < -0.3 is 14.0 Å². The summed E-state index contributed by atoms with van der Waals surface area (Å²) in [4.78, 5) is 13.7. The van der Waals surface area contributed by atoms with E-state index in [4.69, 9.17) is 4.52 Å². The van der Waals surface area contributed by atoms with Crippen molar-refractivity contribution in [1.29, 1.82) is 0 Å². The van der Waals surface area contributed by atoms with Crippen LogP contribution in [0.15, 0.2) is 22.1 Å². The summed E-state index contributed by atoms with van der Waals surface area (Å²) < 4.78 is 7.02. The molecule has 0 aliphatic rings. The van der Waals surface area contributed by atoms with Crippen LogP contribution in [0.25, 0.3) is 0 Å². The molecule has 7 nitrogen and oxygen atoms in total. The molecule has 0 aliphatic carbocycles. The van der Waals surface area contributed by atoms with Crippen LogP contribution in [-0.4, -0.2) is 43.5 Å². The van der Waals surface area contributed by atoms with Crippen LogP contribution in [0.2, 0.25) is 0 Å². The number of rotatable bonds is 6. The molecule has 0 unspecified atom stereocenters. The summed E-state index contributed by atoms with van der Waals surface area (Å²) in [6.07, 6.45) is 1.61. The number of carbonyl (C=O) groups is 1. The van der Waals surface area contributed by atoms with Crippen molar-refractivity contribution in [3.8, 4) is 0 Å². The van der Waals surface area contributed by atoms with Gasteiger partial charge in [0.15, 0.2) is 10.9 Å². The van der Waals surface area contributed by atoms with Crippen LogP contribution in [0.4, 0.5) is 0 Å². The van der Waals surface area contributed by atoms with Crippen LogP contribution in [0.5, 0.6) is 0 Å². The Kier molecular flexibility index (Phi) is 5.00. The molecule has 2 aromatic heterocycles. The first kappa shape index (κ1) is 15.6. The molecule has 2 rings (SSSR count). The summed E-state index contributed by atoms with van der Waals surface area (Å²) in [6, 6.07) is 1.89. The number of amides is 1. The van der Waals surface area contributed by atoms with Crippen LogP contribution in [0, 0.1) is 0 Å². The van der Waals surface area contributed by atoms with Gasteiger partial charge in [0, 0.05) is 20.2 Å². The van der Waals surface area contributed by atoms with Crippen LogP contribution < -0.4 is 0 Å². The van der Waals surface area contributed by atoms with E-state index in [1.807, 2.05) is 27.0 Å². The second-order valence-corrected chi connectivity index (χ2v) is 6.08. The summed E-state index contributed by atoms with van der Waals surface area (Å²) in [5.41, 5.74) is 0.902. The van der Waals surface area contributed by atoms with E-state index in [0.717, 1.165) is 10.9 Å². The van der Waals surface area contributed by atoms with Gasteiger partial charge in [0.1, 0.15) is 6.33 Å². The number of aromatic nitrogens is 4. The lowest BCUT2D eigenvalue weighted by Crippen LogP contribution is -2.27. The summed E-state index contributed by atoms with van der Waals surface area (Å²) in [6.45, 7) is 4.51. The summed E-state index contributed by atoms with van der Waals surface area (Å²) in [7, 11) is 3.59. The van der Waals surface area contributed by atoms with Crippen LogP contribution in [-0.2, 0) is 18.4 Å². The van der Waals surface area contributed by atoms with Gasteiger partial charge in [0.2, 0.25) is 5.91 Å². The fourth-order valence-electron chi connectivity index (χ4n) is 1.64. The monoisotopic (exact) mass is 309 g/mol. The number of nitrogens with zero attached hydrogens (tertiary/aromatic N) is 5. The van der Waals surface area contributed by atoms with Crippen molar-refractivity contribution in [1.82, 2.24) is 24.8 Å². The topological polar surface area (TPSA) is 77.0 Å². The van der Waals surface area contributed by atoms with E-state index in [2.05, 4.69) is 15.4 Å². The van der Waals surface area contributed by atoms with Crippen molar-refractivity contribution < 1.29 is 9.32 Å². The Morgan fingerprint density at radius 3 is 2.86 bits per heavy atom. The molecule has 8 heteroatoms. The Hall–Kier alpha value is -1.83. The SMILES string of the molecule is CC(C)c1cc(CN(C)C(=O)CSc2nncn2C)on1. The fourth-order valence-corrected chi connectivity index (χ4v) is 2.47. The standard InChI is InChI=1S/C13H19N5O2S/c1-9(2)11-5-10(20-16-11)6-17(3)12(19)7-21-13-15-14-8-18(13)4/h5,8-9H,6-7H2,1-4H3. The molecule has 2 heterocycles. The van der Waals surface area contributed by atoms with Crippen LogP contribution >= 0.6 is 11.8 Å². The molecule has 0 atom stereocenters. The second kappa shape index (κ2) is 6.75. The van der Waals surface area contributed by atoms with E-state index in [1.165, 1.54) is 11.8 Å². The highest BCUT2D eigenvalue weighted by Gasteiger charge is 2.15. The zero-order chi connectivity index (χ0) is 15.4. The smallest absolute Gasteiger partial charge is 0.233 e. The Morgan fingerprint density at radius 2 is 2.29 bits per heavy atom. The van der Waals surface area contributed by atoms with Gasteiger partial charge >= 0.3 is 0 Å². The molecule has 0 radical (unpaired) electrons. The van der Waals surface area contributed by atoms with Crippen LogP contribution in [0.1, 0.15) is 31.2 Å². The molecule has 0 saturated heterocycles. The fraction of sp³-hybridized carbons (Fsp3) is 0.538. The Labute approximate surface area is 127 Å². The average molecular weight is 309 g/mol. The van der Waals surface area contributed by atoms with Gasteiger partial charge in [-0.2, -0.15) is 0 Å². The highest BCUT2D eigenvalue weighted by Crippen LogP contribution is 2.17. The molecule has 1 amide bonds. The maximum absolute atomic E-state index is 12.1. The highest BCUT2D eigenvalue weighted by molar-refractivity contribution is 7.99. The largest absolute Gasteiger partial charge is 0.359 e. The lowest BCUT2D eigenvalue weighted by Gasteiger charge is -2.14. The maximum atomic E-state index is 12.1. The zero-order valence-electron chi connectivity index (χ0n) is 12.6. The number of hydrogen-bond acceptors (Lipinski definition) is 6. The normalized spacial score (nSPS) is 11.1. The third-order valence-corrected chi connectivity index (χ3v) is 4.00. The van der Waals surface area contributed by atoms with Gasteiger partial charge in [-0.25, -0.2) is 0 Å². The molecule has 0 bridgehead atoms. The third-order valence-electron chi connectivity index (χ3n) is 2.98. The lowest BCUT2D eigenvalue weighted by molar-refractivity contribution is -0.127. The predicted molar refractivity (Wildman–Crippen MR) is 78.8 cm³/mol. The van der Waals surface area contributed by atoms with E-state index in [-0.39, 0.29) is 5.91 Å². The maximum Gasteiger partial charge on any atom is 0.233 e.